The zero-order valence-electron chi connectivity index (χ0n) is 14.1. The molecule has 0 aliphatic carbocycles. The average Bonchev–Trinajstić information content (AvgIpc) is 2.64. The number of halogens is 3. The lowest BCUT2D eigenvalue weighted by Gasteiger charge is -2.34. The molecule has 2 aromatic rings. The summed E-state index contributed by atoms with van der Waals surface area (Å²) < 4.78 is 32.1. The molecule has 26 heavy (non-hydrogen) atoms. The Morgan fingerprint density at radius 2 is 1.92 bits per heavy atom. The summed E-state index contributed by atoms with van der Waals surface area (Å²) in [6, 6.07) is 12.6. The second-order valence-corrected chi connectivity index (χ2v) is 6.11. The van der Waals surface area contributed by atoms with Gasteiger partial charge in [0.25, 0.3) is 0 Å². The number of nitrogens with zero attached hydrogens (tertiary/aromatic N) is 1. The Bertz CT molecular complexity index is 746. The van der Waals surface area contributed by atoms with Crippen molar-refractivity contribution in [2.45, 2.75) is 18.6 Å². The first kappa shape index (κ1) is 20.3. The van der Waals surface area contributed by atoms with Gasteiger partial charge in [0.1, 0.15) is 6.10 Å². The summed E-state index contributed by atoms with van der Waals surface area (Å²) in [6.07, 6.45) is -0.0379. The van der Waals surface area contributed by atoms with Gasteiger partial charge in [-0.1, -0.05) is 36.4 Å². The van der Waals surface area contributed by atoms with Crippen LogP contribution in [0.2, 0.25) is 0 Å². The van der Waals surface area contributed by atoms with Crippen LogP contribution >= 0.6 is 12.4 Å². The number of amides is 1. The zero-order chi connectivity index (χ0) is 17.8. The van der Waals surface area contributed by atoms with E-state index in [2.05, 4.69) is 0 Å². The van der Waals surface area contributed by atoms with Crippen molar-refractivity contribution in [3.8, 4) is 0 Å². The van der Waals surface area contributed by atoms with Crippen molar-refractivity contribution < 1.29 is 18.3 Å². The Kier molecular flexibility index (Phi) is 7.08. The van der Waals surface area contributed by atoms with Crippen LogP contribution in [0.5, 0.6) is 0 Å². The van der Waals surface area contributed by atoms with Crippen molar-refractivity contribution >= 4 is 18.3 Å². The van der Waals surface area contributed by atoms with Crippen molar-refractivity contribution in [1.82, 2.24) is 4.90 Å². The van der Waals surface area contributed by atoms with E-state index in [0.29, 0.717) is 25.1 Å². The topological polar surface area (TPSA) is 55.6 Å². The van der Waals surface area contributed by atoms with Gasteiger partial charge in [0.2, 0.25) is 5.91 Å². The number of hydrogen-bond donors (Lipinski definition) is 1. The monoisotopic (exact) mass is 382 g/mol. The standard InChI is InChI=1S/C19H20F2N2O2.ClH/c20-15-7-6-14(11-16(15)21)18-12-23(8-9-25-18)19(24)17(22)10-13-4-2-1-3-5-13;/h1-7,11,17-18H,8-10,12,22H2;1H/t17-,18?;/m0./s1. The van der Waals surface area contributed by atoms with Crippen LogP contribution < -0.4 is 5.73 Å². The molecule has 0 saturated carbocycles. The van der Waals surface area contributed by atoms with E-state index in [9.17, 15) is 13.6 Å². The molecule has 1 amide bonds. The molecule has 1 unspecified atom stereocenters. The highest BCUT2D eigenvalue weighted by molar-refractivity contribution is 5.85. The molecule has 2 N–H and O–H groups in total. The molecule has 4 nitrogen and oxygen atoms in total. The molecular formula is C19H21ClF2N2O2. The number of carbonyl (C=O) groups is 1. The molecule has 2 atom stereocenters. The molecule has 0 bridgehead atoms. The van der Waals surface area contributed by atoms with Crippen molar-refractivity contribution in [2.75, 3.05) is 19.7 Å². The molecule has 3 rings (SSSR count). The second kappa shape index (κ2) is 9.07. The van der Waals surface area contributed by atoms with Crippen molar-refractivity contribution in [2.24, 2.45) is 5.73 Å². The zero-order valence-corrected chi connectivity index (χ0v) is 14.9. The molecule has 7 heteroatoms. The quantitative estimate of drug-likeness (QED) is 0.884. The van der Waals surface area contributed by atoms with E-state index in [1.54, 1.807) is 4.90 Å². The lowest BCUT2D eigenvalue weighted by Crippen LogP contribution is -2.50. The number of rotatable bonds is 4. The van der Waals surface area contributed by atoms with Crippen LogP contribution in [0.15, 0.2) is 48.5 Å². The Hall–Kier alpha value is -2.02. The Morgan fingerprint density at radius 1 is 1.19 bits per heavy atom. The fourth-order valence-electron chi connectivity index (χ4n) is 2.95. The lowest BCUT2D eigenvalue weighted by atomic mass is 10.0. The smallest absolute Gasteiger partial charge is 0.240 e. The van der Waals surface area contributed by atoms with E-state index in [4.69, 9.17) is 10.5 Å². The van der Waals surface area contributed by atoms with Crippen LogP contribution in [-0.2, 0) is 16.0 Å². The first-order valence-corrected chi connectivity index (χ1v) is 8.19. The lowest BCUT2D eigenvalue weighted by molar-refractivity contribution is -0.140. The molecule has 2 aromatic carbocycles. The molecule has 1 saturated heterocycles. The minimum Gasteiger partial charge on any atom is -0.370 e. The summed E-state index contributed by atoms with van der Waals surface area (Å²) in [5.74, 6) is -2.00. The van der Waals surface area contributed by atoms with Gasteiger partial charge in [0.05, 0.1) is 19.2 Å². The summed E-state index contributed by atoms with van der Waals surface area (Å²) in [7, 11) is 0. The molecule has 1 fully saturated rings. The summed E-state index contributed by atoms with van der Waals surface area (Å²) >= 11 is 0. The van der Waals surface area contributed by atoms with Crippen LogP contribution in [0.25, 0.3) is 0 Å². The number of benzene rings is 2. The van der Waals surface area contributed by atoms with Crippen molar-refractivity contribution in [1.29, 1.82) is 0 Å². The van der Waals surface area contributed by atoms with Gasteiger partial charge in [-0.2, -0.15) is 0 Å². The normalized spacial score (nSPS) is 18.1. The molecule has 1 aliphatic rings. The summed E-state index contributed by atoms with van der Waals surface area (Å²) in [5, 5.41) is 0. The number of ether oxygens (including phenoxy) is 1. The van der Waals surface area contributed by atoms with Crippen molar-refractivity contribution in [3.63, 3.8) is 0 Å². The number of nitrogens with two attached hydrogens (primary N) is 1. The van der Waals surface area contributed by atoms with E-state index >= 15 is 0 Å². The summed E-state index contributed by atoms with van der Waals surface area (Å²) in [5.41, 5.74) is 7.57. The maximum absolute atomic E-state index is 13.4. The Balaban J connectivity index is 0.00000243. The summed E-state index contributed by atoms with van der Waals surface area (Å²) in [4.78, 5) is 14.2. The molecule has 0 aromatic heterocycles. The predicted octanol–water partition coefficient (Wildman–Crippen LogP) is 2.86. The van der Waals surface area contributed by atoms with Crippen LogP contribution in [0.3, 0.4) is 0 Å². The van der Waals surface area contributed by atoms with E-state index in [0.717, 1.165) is 17.7 Å². The third-order valence-corrected chi connectivity index (χ3v) is 4.31. The van der Waals surface area contributed by atoms with Gasteiger partial charge in [-0.3, -0.25) is 4.79 Å². The van der Waals surface area contributed by atoms with Gasteiger partial charge in [-0.25, -0.2) is 8.78 Å². The molecule has 1 heterocycles. The van der Waals surface area contributed by atoms with Gasteiger partial charge < -0.3 is 15.4 Å². The SMILES string of the molecule is Cl.N[C@@H](Cc1ccccc1)C(=O)N1CCOC(c2ccc(F)c(F)c2)C1. The predicted molar refractivity (Wildman–Crippen MR) is 97.0 cm³/mol. The Labute approximate surface area is 157 Å². The summed E-state index contributed by atoms with van der Waals surface area (Å²) in [6.45, 7) is 1.03. The fraction of sp³-hybridized carbons (Fsp3) is 0.316. The average molecular weight is 383 g/mol. The van der Waals surface area contributed by atoms with Crippen LogP contribution in [0.1, 0.15) is 17.2 Å². The van der Waals surface area contributed by atoms with E-state index in [1.165, 1.54) is 6.07 Å². The van der Waals surface area contributed by atoms with Gasteiger partial charge in [0.15, 0.2) is 11.6 Å². The van der Waals surface area contributed by atoms with Crippen LogP contribution in [0, 0.1) is 11.6 Å². The van der Waals surface area contributed by atoms with E-state index < -0.39 is 23.8 Å². The minimum atomic E-state index is -0.926. The maximum Gasteiger partial charge on any atom is 0.240 e. The number of carbonyl (C=O) groups excluding carboxylic acids is 1. The van der Waals surface area contributed by atoms with E-state index in [-0.39, 0.29) is 24.9 Å². The molecular weight excluding hydrogens is 362 g/mol. The third-order valence-electron chi connectivity index (χ3n) is 4.31. The highest BCUT2D eigenvalue weighted by atomic mass is 35.5. The van der Waals surface area contributed by atoms with Gasteiger partial charge in [-0.15, -0.1) is 12.4 Å². The third kappa shape index (κ3) is 4.78. The van der Waals surface area contributed by atoms with E-state index in [1.807, 2.05) is 30.3 Å². The Morgan fingerprint density at radius 3 is 2.62 bits per heavy atom. The van der Waals surface area contributed by atoms with Gasteiger partial charge in [-0.05, 0) is 29.7 Å². The van der Waals surface area contributed by atoms with Crippen molar-refractivity contribution in [3.05, 3.63) is 71.3 Å². The minimum absolute atomic E-state index is 0. The van der Waals surface area contributed by atoms with Crippen LogP contribution in [0.4, 0.5) is 8.78 Å². The maximum atomic E-state index is 13.4. The molecule has 140 valence electrons. The number of hydrogen-bond acceptors (Lipinski definition) is 3. The first-order valence-electron chi connectivity index (χ1n) is 8.19. The number of morpholine rings is 1. The first-order chi connectivity index (χ1) is 12.0. The van der Waals surface area contributed by atoms with Crippen LogP contribution in [-0.4, -0.2) is 36.5 Å². The molecule has 1 aliphatic heterocycles. The second-order valence-electron chi connectivity index (χ2n) is 6.11. The van der Waals surface area contributed by atoms with Gasteiger partial charge in [0, 0.05) is 6.54 Å². The molecule has 0 radical (unpaired) electrons. The largest absolute Gasteiger partial charge is 0.370 e. The fourth-order valence-corrected chi connectivity index (χ4v) is 2.95. The highest BCUT2D eigenvalue weighted by Crippen LogP contribution is 2.24. The van der Waals surface area contributed by atoms with Gasteiger partial charge >= 0.3 is 0 Å². The highest BCUT2D eigenvalue weighted by Gasteiger charge is 2.29. The molecule has 0 spiro atoms.